The lowest BCUT2D eigenvalue weighted by Gasteiger charge is -2.32. The van der Waals surface area contributed by atoms with Crippen LogP contribution in [-0.4, -0.2) is 31.2 Å². The van der Waals surface area contributed by atoms with E-state index < -0.39 is 18.3 Å². The van der Waals surface area contributed by atoms with Crippen LogP contribution in [0.3, 0.4) is 0 Å². The van der Waals surface area contributed by atoms with Gasteiger partial charge in [0.1, 0.15) is 5.75 Å². The zero-order valence-electron chi connectivity index (χ0n) is 13.4. The molecule has 1 aliphatic heterocycles. The molecule has 1 heterocycles. The molecule has 0 saturated carbocycles. The SMILES string of the molecule is CCCOc1ccc(B2OC(C)(C)C(C)(C)O2)cc1C=O. The van der Waals surface area contributed by atoms with Crippen LogP contribution in [0.15, 0.2) is 18.2 Å². The number of ether oxygens (including phenoxy) is 1. The molecule has 4 nitrogen and oxygen atoms in total. The van der Waals surface area contributed by atoms with Gasteiger partial charge in [-0.3, -0.25) is 4.79 Å². The van der Waals surface area contributed by atoms with Crippen molar-refractivity contribution in [1.29, 1.82) is 0 Å². The van der Waals surface area contributed by atoms with Gasteiger partial charge in [0.2, 0.25) is 0 Å². The van der Waals surface area contributed by atoms with E-state index in [4.69, 9.17) is 14.0 Å². The van der Waals surface area contributed by atoms with Gasteiger partial charge < -0.3 is 14.0 Å². The third-order valence-electron chi connectivity index (χ3n) is 4.15. The van der Waals surface area contributed by atoms with Crippen LogP contribution in [0.25, 0.3) is 0 Å². The maximum absolute atomic E-state index is 11.3. The molecule has 0 atom stereocenters. The molecule has 2 rings (SSSR count). The molecule has 0 N–H and O–H groups in total. The van der Waals surface area contributed by atoms with Gasteiger partial charge >= 0.3 is 7.12 Å². The van der Waals surface area contributed by atoms with Gasteiger partial charge in [0, 0.05) is 0 Å². The van der Waals surface area contributed by atoms with E-state index in [0.29, 0.717) is 17.9 Å². The monoisotopic (exact) mass is 290 g/mol. The molecule has 0 unspecified atom stereocenters. The van der Waals surface area contributed by atoms with Crippen LogP contribution in [0, 0.1) is 0 Å². The van der Waals surface area contributed by atoms with Crippen LogP contribution < -0.4 is 10.2 Å². The van der Waals surface area contributed by atoms with E-state index in [0.717, 1.165) is 18.2 Å². The van der Waals surface area contributed by atoms with Gasteiger partial charge in [0.25, 0.3) is 0 Å². The van der Waals surface area contributed by atoms with Crippen molar-refractivity contribution in [3.63, 3.8) is 0 Å². The average Bonchev–Trinajstić information content (AvgIpc) is 2.65. The molecule has 1 aromatic rings. The van der Waals surface area contributed by atoms with Crippen LogP contribution >= 0.6 is 0 Å². The molecule has 0 aliphatic carbocycles. The second kappa shape index (κ2) is 5.81. The minimum absolute atomic E-state index is 0.392. The highest BCUT2D eigenvalue weighted by Crippen LogP contribution is 2.36. The average molecular weight is 290 g/mol. The molecule has 5 heteroatoms. The number of hydrogen-bond donors (Lipinski definition) is 0. The molecule has 114 valence electrons. The molecule has 1 saturated heterocycles. The quantitative estimate of drug-likeness (QED) is 0.617. The zero-order valence-corrected chi connectivity index (χ0v) is 13.4. The largest absolute Gasteiger partial charge is 0.494 e. The smallest absolute Gasteiger partial charge is 0.493 e. The van der Waals surface area contributed by atoms with E-state index in [1.54, 1.807) is 12.1 Å². The van der Waals surface area contributed by atoms with Crippen molar-refractivity contribution in [3.05, 3.63) is 23.8 Å². The Balaban J connectivity index is 2.24. The van der Waals surface area contributed by atoms with Gasteiger partial charge in [-0.1, -0.05) is 13.0 Å². The highest BCUT2D eigenvalue weighted by Gasteiger charge is 2.51. The summed E-state index contributed by atoms with van der Waals surface area (Å²) in [5.74, 6) is 0.604. The lowest BCUT2D eigenvalue weighted by Crippen LogP contribution is -2.41. The summed E-state index contributed by atoms with van der Waals surface area (Å²) in [5.41, 5.74) is 0.572. The second-order valence-corrected chi connectivity index (χ2v) is 6.35. The van der Waals surface area contributed by atoms with Crippen LogP contribution in [0.2, 0.25) is 0 Å². The Morgan fingerprint density at radius 2 is 1.81 bits per heavy atom. The van der Waals surface area contributed by atoms with Gasteiger partial charge in [0.15, 0.2) is 6.29 Å². The molecule has 0 radical (unpaired) electrons. The fourth-order valence-corrected chi connectivity index (χ4v) is 2.13. The molecular formula is C16H23BO4. The van der Waals surface area contributed by atoms with Gasteiger partial charge in [-0.05, 0) is 51.7 Å². The maximum Gasteiger partial charge on any atom is 0.494 e. The predicted molar refractivity (Wildman–Crippen MR) is 83.3 cm³/mol. The molecule has 1 fully saturated rings. The zero-order chi connectivity index (χ0) is 15.7. The third-order valence-corrected chi connectivity index (χ3v) is 4.15. The number of carbonyl (C=O) groups excluding carboxylic acids is 1. The fourth-order valence-electron chi connectivity index (χ4n) is 2.13. The number of carbonyl (C=O) groups is 1. The Labute approximate surface area is 126 Å². The minimum atomic E-state index is -0.464. The van der Waals surface area contributed by atoms with E-state index in [-0.39, 0.29) is 0 Å². The van der Waals surface area contributed by atoms with Gasteiger partial charge in [-0.15, -0.1) is 0 Å². The molecule has 1 aliphatic rings. The Morgan fingerprint density at radius 1 is 1.19 bits per heavy atom. The standard InChI is InChI=1S/C16H23BO4/c1-6-9-19-14-8-7-13(10-12(14)11-18)17-20-15(2,3)16(4,5)21-17/h7-8,10-11H,6,9H2,1-5H3. The van der Waals surface area contributed by atoms with Crippen LogP contribution in [0.1, 0.15) is 51.4 Å². The first-order valence-corrected chi connectivity index (χ1v) is 7.38. The van der Waals surface area contributed by atoms with Crippen molar-refractivity contribution in [2.75, 3.05) is 6.61 Å². The topological polar surface area (TPSA) is 44.8 Å². The summed E-state index contributed by atoms with van der Waals surface area (Å²) in [6, 6.07) is 5.47. The molecule has 0 bridgehead atoms. The van der Waals surface area contributed by atoms with E-state index in [1.165, 1.54) is 0 Å². The molecule has 0 aromatic heterocycles. The Morgan fingerprint density at radius 3 is 2.33 bits per heavy atom. The summed E-state index contributed by atoms with van der Waals surface area (Å²) >= 11 is 0. The van der Waals surface area contributed by atoms with Crippen molar-refractivity contribution in [2.45, 2.75) is 52.2 Å². The highest BCUT2D eigenvalue weighted by molar-refractivity contribution is 6.62. The molecule has 0 amide bonds. The van der Waals surface area contributed by atoms with Crippen molar-refractivity contribution in [2.24, 2.45) is 0 Å². The molecule has 1 aromatic carbocycles. The van der Waals surface area contributed by atoms with Crippen LogP contribution in [0.4, 0.5) is 0 Å². The molecule has 21 heavy (non-hydrogen) atoms. The van der Waals surface area contributed by atoms with Crippen LogP contribution in [-0.2, 0) is 9.31 Å². The van der Waals surface area contributed by atoms with E-state index >= 15 is 0 Å². The first kappa shape index (κ1) is 16.1. The van der Waals surface area contributed by atoms with E-state index in [2.05, 4.69) is 0 Å². The predicted octanol–water partition coefficient (Wildman–Crippen LogP) is 2.59. The summed E-state index contributed by atoms with van der Waals surface area (Å²) in [7, 11) is -0.464. The summed E-state index contributed by atoms with van der Waals surface area (Å²) in [4.78, 5) is 11.3. The van der Waals surface area contributed by atoms with E-state index in [1.807, 2.05) is 40.7 Å². The van der Waals surface area contributed by atoms with Crippen LogP contribution in [0.5, 0.6) is 5.75 Å². The van der Waals surface area contributed by atoms with Gasteiger partial charge in [-0.2, -0.15) is 0 Å². The molecular weight excluding hydrogens is 267 g/mol. The number of rotatable bonds is 5. The Kier molecular flexibility index (Phi) is 4.44. The number of aldehydes is 1. The maximum atomic E-state index is 11.3. The van der Waals surface area contributed by atoms with E-state index in [9.17, 15) is 4.79 Å². The van der Waals surface area contributed by atoms with Gasteiger partial charge in [-0.25, -0.2) is 0 Å². The number of hydrogen-bond acceptors (Lipinski definition) is 4. The summed E-state index contributed by atoms with van der Waals surface area (Å²) in [5, 5.41) is 0. The first-order chi connectivity index (χ1) is 9.80. The fraction of sp³-hybridized carbons (Fsp3) is 0.562. The first-order valence-electron chi connectivity index (χ1n) is 7.38. The summed E-state index contributed by atoms with van der Waals surface area (Å²) in [6.07, 6.45) is 1.71. The van der Waals surface area contributed by atoms with Crippen molar-refractivity contribution in [1.82, 2.24) is 0 Å². The third kappa shape index (κ3) is 3.14. The molecule has 0 spiro atoms. The Bertz CT molecular complexity index is 509. The van der Waals surface area contributed by atoms with Crippen molar-refractivity contribution in [3.8, 4) is 5.75 Å². The Hall–Kier alpha value is -1.33. The van der Waals surface area contributed by atoms with Crippen molar-refractivity contribution < 1.29 is 18.8 Å². The van der Waals surface area contributed by atoms with Gasteiger partial charge in [0.05, 0.1) is 23.4 Å². The summed E-state index contributed by atoms with van der Waals surface area (Å²) < 4.78 is 17.5. The van der Waals surface area contributed by atoms with Crippen molar-refractivity contribution >= 4 is 18.9 Å². The lowest BCUT2D eigenvalue weighted by molar-refractivity contribution is 0.00578. The minimum Gasteiger partial charge on any atom is -0.493 e. The lowest BCUT2D eigenvalue weighted by atomic mass is 9.78. The second-order valence-electron chi connectivity index (χ2n) is 6.35. The normalized spacial score (nSPS) is 19.6. The number of benzene rings is 1. The summed E-state index contributed by atoms with van der Waals surface area (Å²) in [6.45, 7) is 10.6. The highest BCUT2D eigenvalue weighted by atomic mass is 16.7.